The van der Waals surface area contributed by atoms with Crippen LogP contribution in [0, 0.1) is 0 Å². The van der Waals surface area contributed by atoms with Gasteiger partial charge in [-0.05, 0) is 55.3 Å². The molecule has 7 rings (SSSR count). The molecule has 1 amide bonds. The van der Waals surface area contributed by atoms with Gasteiger partial charge in [-0.25, -0.2) is 9.97 Å². The maximum absolute atomic E-state index is 13.2. The summed E-state index contributed by atoms with van der Waals surface area (Å²) in [6, 6.07) is 27.5. The van der Waals surface area contributed by atoms with Crippen molar-refractivity contribution in [3.05, 3.63) is 84.4 Å². The van der Waals surface area contributed by atoms with Crippen molar-refractivity contribution in [2.24, 2.45) is 0 Å². The molecule has 3 heterocycles. The second-order valence-electron chi connectivity index (χ2n) is 10.7. The predicted molar refractivity (Wildman–Crippen MR) is 155 cm³/mol. The fourth-order valence-electron chi connectivity index (χ4n) is 6.13. The van der Waals surface area contributed by atoms with Crippen molar-refractivity contribution >= 4 is 27.8 Å². The van der Waals surface area contributed by atoms with E-state index >= 15 is 0 Å². The van der Waals surface area contributed by atoms with Crippen LogP contribution in [0.1, 0.15) is 48.5 Å². The summed E-state index contributed by atoms with van der Waals surface area (Å²) in [5.41, 5.74) is 6.83. The van der Waals surface area contributed by atoms with Crippen molar-refractivity contribution in [3.63, 3.8) is 0 Å². The normalized spacial score (nSPS) is 16.7. The second-order valence-corrected chi connectivity index (χ2v) is 10.7. The largest absolute Gasteiger partial charge is 0.378 e. The molecule has 0 bridgehead atoms. The van der Waals surface area contributed by atoms with E-state index in [1.165, 1.54) is 19.3 Å². The number of morpholine rings is 1. The number of carbonyl (C=O) groups excluding carboxylic acids is 1. The Hall–Kier alpha value is -4.03. The Kier molecular flexibility index (Phi) is 6.33. The van der Waals surface area contributed by atoms with E-state index in [0.29, 0.717) is 37.9 Å². The SMILES string of the molecule is O=C(c1ccc2c(c1)nc(-c1ccc3nc(-c4ccccc4)ccc3c1)n2C1CCCCC1)N1CCOCC1. The van der Waals surface area contributed by atoms with Crippen molar-refractivity contribution in [2.75, 3.05) is 26.3 Å². The molecule has 1 aliphatic carbocycles. The predicted octanol–water partition coefficient (Wildman–Crippen LogP) is 6.90. The summed E-state index contributed by atoms with van der Waals surface area (Å²) in [7, 11) is 0. The summed E-state index contributed by atoms with van der Waals surface area (Å²) >= 11 is 0. The van der Waals surface area contributed by atoms with Gasteiger partial charge in [0.25, 0.3) is 5.91 Å². The lowest BCUT2D eigenvalue weighted by molar-refractivity contribution is 0.0303. The lowest BCUT2D eigenvalue weighted by Crippen LogP contribution is -2.40. The molecule has 6 nitrogen and oxygen atoms in total. The van der Waals surface area contributed by atoms with E-state index in [1.807, 2.05) is 35.2 Å². The maximum Gasteiger partial charge on any atom is 0.254 e. The van der Waals surface area contributed by atoms with Crippen LogP contribution in [0.5, 0.6) is 0 Å². The minimum Gasteiger partial charge on any atom is -0.378 e. The number of rotatable bonds is 4. The van der Waals surface area contributed by atoms with Gasteiger partial charge < -0.3 is 14.2 Å². The molecule has 6 heteroatoms. The molecule has 2 aromatic heterocycles. The number of ether oxygens (including phenoxy) is 1. The molecule has 3 aromatic carbocycles. The number of fused-ring (bicyclic) bond motifs is 2. The molecule has 0 radical (unpaired) electrons. The molecule has 2 fully saturated rings. The lowest BCUT2D eigenvalue weighted by Gasteiger charge is -2.27. The van der Waals surface area contributed by atoms with Crippen molar-refractivity contribution in [1.82, 2.24) is 19.4 Å². The molecular weight excluding hydrogens is 484 g/mol. The fraction of sp³-hybridized carbons (Fsp3) is 0.303. The second kappa shape index (κ2) is 10.3. The summed E-state index contributed by atoms with van der Waals surface area (Å²) in [6.07, 6.45) is 6.08. The van der Waals surface area contributed by atoms with E-state index in [2.05, 4.69) is 53.1 Å². The van der Waals surface area contributed by atoms with Gasteiger partial charge in [0.15, 0.2) is 0 Å². The molecular formula is C33H32N4O2. The summed E-state index contributed by atoms with van der Waals surface area (Å²) in [4.78, 5) is 25.2. The van der Waals surface area contributed by atoms with Crippen LogP contribution in [-0.2, 0) is 4.74 Å². The van der Waals surface area contributed by atoms with Crippen LogP contribution in [0.4, 0.5) is 0 Å². The highest BCUT2D eigenvalue weighted by Crippen LogP contribution is 2.37. The van der Waals surface area contributed by atoms with Crippen LogP contribution < -0.4 is 0 Å². The number of hydrogen-bond acceptors (Lipinski definition) is 4. The Bertz CT molecular complexity index is 1650. The molecule has 1 aliphatic heterocycles. The zero-order valence-electron chi connectivity index (χ0n) is 22.1. The number of carbonyl (C=O) groups is 1. The standard InChI is InChI=1S/C33H32N4O2/c38-33(36-17-19-39-20-18-36)26-13-16-31-30(22-26)35-32(37(31)27-9-5-2-6-10-27)25-12-15-29-24(21-25)11-14-28(34-29)23-7-3-1-4-8-23/h1,3-4,7-8,11-16,21-22,27H,2,5-6,9-10,17-20H2. The molecule has 0 unspecified atom stereocenters. The number of pyridine rings is 1. The Balaban J connectivity index is 1.30. The van der Waals surface area contributed by atoms with Crippen molar-refractivity contribution in [3.8, 4) is 22.6 Å². The first-order valence-electron chi connectivity index (χ1n) is 14.1. The van der Waals surface area contributed by atoms with Gasteiger partial charge in [0.2, 0.25) is 0 Å². The maximum atomic E-state index is 13.2. The third kappa shape index (κ3) is 4.59. The fourth-order valence-corrected chi connectivity index (χ4v) is 6.13. The summed E-state index contributed by atoms with van der Waals surface area (Å²) in [5, 5.41) is 1.10. The van der Waals surface area contributed by atoms with E-state index in [0.717, 1.165) is 57.4 Å². The zero-order chi connectivity index (χ0) is 26.2. The first-order valence-corrected chi connectivity index (χ1v) is 14.1. The quantitative estimate of drug-likeness (QED) is 0.261. The zero-order valence-corrected chi connectivity index (χ0v) is 22.1. The number of amides is 1. The smallest absolute Gasteiger partial charge is 0.254 e. The molecule has 196 valence electrons. The molecule has 2 aliphatic rings. The van der Waals surface area contributed by atoms with Crippen LogP contribution >= 0.6 is 0 Å². The van der Waals surface area contributed by atoms with Crippen molar-refractivity contribution in [1.29, 1.82) is 0 Å². The van der Waals surface area contributed by atoms with Crippen LogP contribution in [0.15, 0.2) is 78.9 Å². The van der Waals surface area contributed by atoms with Crippen molar-refractivity contribution < 1.29 is 9.53 Å². The highest BCUT2D eigenvalue weighted by Gasteiger charge is 2.24. The van der Waals surface area contributed by atoms with Gasteiger partial charge in [0, 0.05) is 41.2 Å². The molecule has 0 atom stereocenters. The Labute approximate surface area is 228 Å². The van der Waals surface area contributed by atoms with Crippen LogP contribution in [0.25, 0.3) is 44.6 Å². The average molecular weight is 517 g/mol. The summed E-state index contributed by atoms with van der Waals surface area (Å²) < 4.78 is 7.87. The average Bonchev–Trinajstić information content (AvgIpc) is 3.40. The number of benzene rings is 3. The molecule has 5 aromatic rings. The van der Waals surface area contributed by atoms with Gasteiger partial charge in [-0.2, -0.15) is 0 Å². The van der Waals surface area contributed by atoms with Crippen LogP contribution in [-0.4, -0.2) is 51.6 Å². The Morgan fingerprint density at radius 1 is 0.769 bits per heavy atom. The first-order chi connectivity index (χ1) is 19.2. The van der Waals surface area contributed by atoms with E-state index in [4.69, 9.17) is 14.7 Å². The highest BCUT2D eigenvalue weighted by molar-refractivity contribution is 5.98. The van der Waals surface area contributed by atoms with E-state index < -0.39 is 0 Å². The number of aromatic nitrogens is 3. The minimum absolute atomic E-state index is 0.0555. The number of imidazole rings is 1. The van der Waals surface area contributed by atoms with Gasteiger partial charge in [-0.3, -0.25) is 4.79 Å². The molecule has 39 heavy (non-hydrogen) atoms. The summed E-state index contributed by atoms with van der Waals surface area (Å²) in [6.45, 7) is 2.46. The summed E-state index contributed by atoms with van der Waals surface area (Å²) in [5.74, 6) is 1.03. The van der Waals surface area contributed by atoms with Crippen LogP contribution in [0.2, 0.25) is 0 Å². The van der Waals surface area contributed by atoms with E-state index in [1.54, 1.807) is 0 Å². The van der Waals surface area contributed by atoms with Gasteiger partial charge in [0.1, 0.15) is 5.82 Å². The third-order valence-electron chi connectivity index (χ3n) is 8.19. The van der Waals surface area contributed by atoms with E-state index in [-0.39, 0.29) is 5.91 Å². The number of hydrogen-bond donors (Lipinski definition) is 0. The Morgan fingerprint density at radius 2 is 1.59 bits per heavy atom. The molecule has 1 saturated carbocycles. The van der Waals surface area contributed by atoms with Crippen LogP contribution in [0.3, 0.4) is 0 Å². The van der Waals surface area contributed by atoms with E-state index in [9.17, 15) is 4.79 Å². The lowest BCUT2D eigenvalue weighted by atomic mass is 9.94. The van der Waals surface area contributed by atoms with Gasteiger partial charge >= 0.3 is 0 Å². The minimum atomic E-state index is 0.0555. The number of nitrogens with zero attached hydrogens (tertiary/aromatic N) is 4. The monoisotopic (exact) mass is 516 g/mol. The molecule has 0 N–H and O–H groups in total. The van der Waals surface area contributed by atoms with Gasteiger partial charge in [-0.1, -0.05) is 55.7 Å². The first kappa shape index (κ1) is 24.0. The van der Waals surface area contributed by atoms with Gasteiger partial charge in [-0.15, -0.1) is 0 Å². The Morgan fingerprint density at radius 3 is 2.41 bits per heavy atom. The molecule has 1 saturated heterocycles. The molecule has 0 spiro atoms. The van der Waals surface area contributed by atoms with Crippen molar-refractivity contribution in [2.45, 2.75) is 38.1 Å². The van der Waals surface area contributed by atoms with Gasteiger partial charge in [0.05, 0.1) is 35.5 Å². The highest BCUT2D eigenvalue weighted by atomic mass is 16.5. The topological polar surface area (TPSA) is 60.2 Å². The third-order valence-corrected chi connectivity index (χ3v) is 8.19.